The third kappa shape index (κ3) is 6.54. The summed E-state index contributed by atoms with van der Waals surface area (Å²) in [5.74, 6) is -0.280. The minimum atomic E-state index is -4.03. The molecule has 3 aromatic carbocycles. The molecule has 0 radical (unpaired) electrons. The lowest BCUT2D eigenvalue weighted by atomic mass is 10.2. The fraction of sp³-hybridized carbons (Fsp3) is 0.136. The number of carbonyl (C=O) groups is 1. The van der Waals surface area contributed by atoms with Gasteiger partial charge in [0.2, 0.25) is 5.91 Å². The predicted molar refractivity (Wildman–Crippen MR) is 131 cm³/mol. The van der Waals surface area contributed by atoms with Crippen LogP contribution in [0.1, 0.15) is 18.1 Å². The molecule has 0 aliphatic heterocycles. The number of rotatable bonds is 8. The van der Waals surface area contributed by atoms with Gasteiger partial charge in [0.15, 0.2) is 0 Å². The SMILES string of the molecule is CC(=O)Nc1ccc(S(=O)(=O)NNc2ccc(C)cc2S(=O)(=O)Nc2ccccc2C)cc1.O. The van der Waals surface area contributed by atoms with Gasteiger partial charge in [0, 0.05) is 12.6 Å². The van der Waals surface area contributed by atoms with Crippen LogP contribution >= 0.6 is 0 Å². The van der Waals surface area contributed by atoms with E-state index in [-0.39, 0.29) is 26.9 Å². The lowest BCUT2D eigenvalue weighted by Crippen LogP contribution is -2.30. The van der Waals surface area contributed by atoms with Crippen LogP contribution in [0, 0.1) is 13.8 Å². The summed E-state index contributed by atoms with van der Waals surface area (Å²) in [6.07, 6.45) is 0. The Balaban J connectivity index is 0.00000408. The molecule has 182 valence electrons. The van der Waals surface area contributed by atoms with Crippen molar-refractivity contribution >= 4 is 43.0 Å². The molecule has 0 saturated carbocycles. The Morgan fingerprint density at radius 2 is 1.44 bits per heavy atom. The summed E-state index contributed by atoms with van der Waals surface area (Å²) in [6, 6.07) is 17.0. The van der Waals surface area contributed by atoms with Crippen LogP contribution in [0.4, 0.5) is 17.1 Å². The minimum absolute atomic E-state index is 0. The molecule has 0 bridgehead atoms. The first-order chi connectivity index (χ1) is 15.5. The highest BCUT2D eigenvalue weighted by Crippen LogP contribution is 2.26. The van der Waals surface area contributed by atoms with E-state index in [4.69, 9.17) is 0 Å². The van der Waals surface area contributed by atoms with Gasteiger partial charge in [-0.05, 0) is 67.4 Å². The van der Waals surface area contributed by atoms with Gasteiger partial charge in [-0.15, -0.1) is 4.83 Å². The van der Waals surface area contributed by atoms with Crippen LogP contribution in [0.5, 0.6) is 0 Å². The minimum Gasteiger partial charge on any atom is -0.412 e. The summed E-state index contributed by atoms with van der Waals surface area (Å²) in [6.45, 7) is 4.85. The number of carbonyl (C=O) groups excluding carboxylic acids is 1. The van der Waals surface area contributed by atoms with E-state index < -0.39 is 20.0 Å². The van der Waals surface area contributed by atoms with Gasteiger partial charge in [-0.2, -0.15) is 0 Å². The van der Waals surface area contributed by atoms with Gasteiger partial charge in [-0.3, -0.25) is 9.52 Å². The third-order valence-corrected chi connectivity index (χ3v) is 7.29. The van der Waals surface area contributed by atoms with Crippen LogP contribution < -0.4 is 20.3 Å². The molecule has 10 nitrogen and oxygen atoms in total. The average molecular weight is 507 g/mol. The van der Waals surface area contributed by atoms with Crippen molar-refractivity contribution in [3.63, 3.8) is 0 Å². The smallest absolute Gasteiger partial charge is 0.264 e. The van der Waals surface area contributed by atoms with Gasteiger partial charge in [-0.25, -0.2) is 16.8 Å². The first-order valence-corrected chi connectivity index (χ1v) is 12.8. The fourth-order valence-electron chi connectivity index (χ4n) is 2.94. The van der Waals surface area contributed by atoms with Crippen LogP contribution in [0.25, 0.3) is 0 Å². The lowest BCUT2D eigenvalue weighted by molar-refractivity contribution is -0.114. The number of benzene rings is 3. The van der Waals surface area contributed by atoms with Crippen LogP contribution in [0.2, 0.25) is 0 Å². The normalized spacial score (nSPS) is 11.3. The molecule has 0 saturated heterocycles. The highest BCUT2D eigenvalue weighted by molar-refractivity contribution is 7.93. The quantitative estimate of drug-likeness (QED) is 0.343. The Morgan fingerprint density at radius 1 is 0.794 bits per heavy atom. The van der Waals surface area contributed by atoms with E-state index in [2.05, 4.69) is 20.3 Å². The zero-order valence-corrected chi connectivity index (χ0v) is 20.3. The first-order valence-electron chi connectivity index (χ1n) is 9.82. The molecule has 3 rings (SSSR count). The van der Waals surface area contributed by atoms with Crippen molar-refractivity contribution in [3.8, 4) is 0 Å². The maximum Gasteiger partial charge on any atom is 0.264 e. The summed E-state index contributed by atoms with van der Waals surface area (Å²) >= 11 is 0. The monoisotopic (exact) mass is 506 g/mol. The molecule has 0 spiro atoms. The second-order valence-corrected chi connectivity index (χ2v) is 10.7. The Bertz CT molecular complexity index is 1390. The van der Waals surface area contributed by atoms with E-state index in [1.165, 1.54) is 43.3 Å². The van der Waals surface area contributed by atoms with Gasteiger partial charge in [0.25, 0.3) is 20.0 Å². The average Bonchev–Trinajstić information content (AvgIpc) is 2.74. The standard InChI is InChI=1S/C22H24N4O5S2.H2O/c1-15-8-13-21(22(14-15)33(30,31)25-20-7-5-4-6-16(20)2)24-26-32(28,29)19-11-9-18(10-12-19)23-17(3)27;/h4-14,24-26H,1-3H3,(H,23,27);1H2. The molecule has 0 heterocycles. The van der Waals surface area contributed by atoms with E-state index in [0.717, 1.165) is 5.56 Å². The molecule has 3 aromatic rings. The maximum atomic E-state index is 13.1. The highest BCUT2D eigenvalue weighted by Gasteiger charge is 2.21. The number of para-hydroxylation sites is 1. The van der Waals surface area contributed by atoms with Crippen LogP contribution in [0.3, 0.4) is 0 Å². The zero-order valence-electron chi connectivity index (χ0n) is 18.7. The summed E-state index contributed by atoms with van der Waals surface area (Å²) in [4.78, 5) is 13.1. The highest BCUT2D eigenvalue weighted by atomic mass is 32.2. The molecule has 1 amide bonds. The Kier molecular flexibility index (Phi) is 8.40. The molecule has 0 aromatic heterocycles. The van der Waals surface area contributed by atoms with Gasteiger partial charge >= 0.3 is 0 Å². The van der Waals surface area contributed by atoms with Crippen LogP contribution in [-0.2, 0) is 24.8 Å². The summed E-state index contributed by atoms with van der Waals surface area (Å²) in [5.41, 5.74) is 4.86. The van der Waals surface area contributed by atoms with Crippen molar-refractivity contribution < 1.29 is 27.1 Å². The van der Waals surface area contributed by atoms with Crippen molar-refractivity contribution in [2.45, 2.75) is 30.6 Å². The van der Waals surface area contributed by atoms with Crippen molar-refractivity contribution in [3.05, 3.63) is 77.9 Å². The Labute approximate surface area is 198 Å². The summed E-state index contributed by atoms with van der Waals surface area (Å²) < 4.78 is 54.1. The second kappa shape index (κ2) is 10.7. The number of hydrazine groups is 1. The van der Waals surface area contributed by atoms with E-state index in [1.807, 2.05) is 0 Å². The topological polar surface area (TPSA) is 165 Å². The molecule has 0 atom stereocenters. The number of hydrogen-bond acceptors (Lipinski definition) is 6. The van der Waals surface area contributed by atoms with Crippen LogP contribution in [0.15, 0.2) is 76.5 Å². The number of nitrogens with one attached hydrogen (secondary N) is 4. The summed E-state index contributed by atoms with van der Waals surface area (Å²) in [5, 5.41) is 2.55. The van der Waals surface area contributed by atoms with Gasteiger partial charge in [-0.1, -0.05) is 24.3 Å². The zero-order chi connectivity index (χ0) is 24.2. The van der Waals surface area contributed by atoms with Crippen LogP contribution in [-0.4, -0.2) is 28.2 Å². The van der Waals surface area contributed by atoms with Gasteiger partial charge in [0.05, 0.1) is 16.3 Å². The van der Waals surface area contributed by atoms with E-state index >= 15 is 0 Å². The molecular weight excluding hydrogens is 480 g/mol. The lowest BCUT2D eigenvalue weighted by Gasteiger charge is -2.16. The van der Waals surface area contributed by atoms with Crippen molar-refractivity contribution in [2.75, 3.05) is 15.5 Å². The van der Waals surface area contributed by atoms with E-state index in [9.17, 15) is 21.6 Å². The predicted octanol–water partition coefficient (Wildman–Crippen LogP) is 2.54. The van der Waals surface area contributed by atoms with E-state index in [0.29, 0.717) is 16.9 Å². The maximum absolute atomic E-state index is 13.1. The molecule has 0 fully saturated rings. The van der Waals surface area contributed by atoms with Crippen molar-refractivity contribution in [1.29, 1.82) is 0 Å². The fourth-order valence-corrected chi connectivity index (χ4v) is 5.18. The molecular formula is C22H26N4O6S2. The Morgan fingerprint density at radius 3 is 2.06 bits per heavy atom. The van der Waals surface area contributed by atoms with Crippen molar-refractivity contribution in [1.82, 2.24) is 4.83 Å². The number of amides is 1. The third-order valence-electron chi connectivity index (χ3n) is 4.62. The second-order valence-electron chi connectivity index (χ2n) is 7.36. The number of anilines is 3. The van der Waals surface area contributed by atoms with Gasteiger partial charge in [0.1, 0.15) is 4.90 Å². The summed E-state index contributed by atoms with van der Waals surface area (Å²) in [7, 11) is -8.06. The number of aryl methyl sites for hydroxylation is 2. The first kappa shape index (κ1) is 26.8. The molecule has 12 heteroatoms. The largest absolute Gasteiger partial charge is 0.412 e. The molecule has 6 N–H and O–H groups in total. The van der Waals surface area contributed by atoms with Crippen molar-refractivity contribution in [2.24, 2.45) is 0 Å². The molecule has 0 unspecified atom stereocenters. The molecule has 34 heavy (non-hydrogen) atoms. The number of hydrogen-bond donors (Lipinski definition) is 4. The number of sulfonamides is 2. The van der Waals surface area contributed by atoms with E-state index in [1.54, 1.807) is 44.2 Å². The Hall–Kier alpha value is -3.45. The molecule has 0 aliphatic carbocycles. The van der Waals surface area contributed by atoms with Gasteiger partial charge < -0.3 is 16.2 Å². The molecule has 0 aliphatic rings.